The van der Waals surface area contributed by atoms with Gasteiger partial charge in [-0.05, 0) is 31.0 Å². The molecule has 1 fully saturated rings. The number of rotatable bonds is 6. The van der Waals surface area contributed by atoms with Crippen molar-refractivity contribution in [2.24, 2.45) is 0 Å². The topological polar surface area (TPSA) is 53.3 Å². The van der Waals surface area contributed by atoms with Crippen LogP contribution in [0.3, 0.4) is 0 Å². The normalized spacial score (nSPS) is 17.7. The molecular weight excluding hydrogens is 271 g/mol. The first kappa shape index (κ1) is 15.3. The predicted molar refractivity (Wildman–Crippen MR) is 77.5 cm³/mol. The van der Waals surface area contributed by atoms with E-state index in [1.54, 1.807) is 0 Å². The summed E-state index contributed by atoms with van der Waals surface area (Å²) in [7, 11) is 0. The maximum atomic E-state index is 13.4. The minimum Gasteiger partial charge on any atom is -0.444 e. The number of carbonyl (C=O) groups excluding carboxylic acids is 1. The highest BCUT2D eigenvalue weighted by Gasteiger charge is 2.32. The molecule has 0 aliphatic carbocycles. The Morgan fingerprint density at radius 2 is 2.19 bits per heavy atom. The molecule has 0 bridgehead atoms. The monoisotopic (exact) mass is 290 g/mol. The van der Waals surface area contributed by atoms with Gasteiger partial charge in [0.1, 0.15) is 11.9 Å². The second-order valence-electron chi connectivity index (χ2n) is 5.28. The number of anilines is 1. The number of unbranched alkanes of at least 4 members (excludes halogenated alkanes) is 3. The number of amides is 1. The molecule has 0 saturated carbocycles. The summed E-state index contributed by atoms with van der Waals surface area (Å²) in [5, 5.41) is 8.86. The molecule has 1 aromatic carbocycles. The molecule has 21 heavy (non-hydrogen) atoms. The van der Waals surface area contributed by atoms with E-state index in [1.165, 1.54) is 23.5 Å². The lowest BCUT2D eigenvalue weighted by Gasteiger charge is -2.13. The van der Waals surface area contributed by atoms with Crippen molar-refractivity contribution in [1.82, 2.24) is 0 Å². The second kappa shape index (κ2) is 7.07. The van der Waals surface area contributed by atoms with Gasteiger partial charge in [0.05, 0.1) is 23.9 Å². The van der Waals surface area contributed by atoms with Crippen LogP contribution in [0.25, 0.3) is 0 Å². The molecular formula is C16H19FN2O2. The molecule has 1 aliphatic rings. The van der Waals surface area contributed by atoms with Gasteiger partial charge in [-0.25, -0.2) is 9.18 Å². The van der Waals surface area contributed by atoms with Crippen molar-refractivity contribution in [1.29, 1.82) is 5.26 Å². The van der Waals surface area contributed by atoms with Crippen LogP contribution < -0.4 is 4.90 Å². The number of hydrogen-bond donors (Lipinski definition) is 0. The molecule has 1 amide bonds. The van der Waals surface area contributed by atoms with Crippen molar-refractivity contribution in [2.75, 3.05) is 11.4 Å². The van der Waals surface area contributed by atoms with Gasteiger partial charge in [-0.2, -0.15) is 5.26 Å². The number of carbonyl (C=O) groups is 1. The average molecular weight is 290 g/mol. The van der Waals surface area contributed by atoms with Crippen LogP contribution in [0.1, 0.15) is 44.6 Å². The zero-order valence-corrected chi connectivity index (χ0v) is 12.1. The number of nitrogens with zero attached hydrogens (tertiary/aromatic N) is 2. The summed E-state index contributed by atoms with van der Waals surface area (Å²) < 4.78 is 18.8. The average Bonchev–Trinajstić information content (AvgIpc) is 2.84. The fourth-order valence-corrected chi connectivity index (χ4v) is 2.48. The molecule has 1 unspecified atom stereocenters. The highest BCUT2D eigenvalue weighted by molar-refractivity contribution is 5.89. The third-order valence-electron chi connectivity index (χ3n) is 3.58. The quantitative estimate of drug-likeness (QED) is 0.744. The van der Waals surface area contributed by atoms with E-state index in [4.69, 9.17) is 10.00 Å². The van der Waals surface area contributed by atoms with E-state index in [9.17, 15) is 9.18 Å². The number of cyclic esters (lactones) is 1. The fraction of sp³-hybridized carbons (Fsp3) is 0.500. The number of hydrogen-bond acceptors (Lipinski definition) is 3. The first-order valence-electron chi connectivity index (χ1n) is 7.33. The van der Waals surface area contributed by atoms with E-state index in [-0.39, 0.29) is 11.7 Å². The zero-order valence-electron chi connectivity index (χ0n) is 12.1. The molecule has 0 N–H and O–H groups in total. The van der Waals surface area contributed by atoms with Gasteiger partial charge in [-0.3, -0.25) is 4.90 Å². The van der Waals surface area contributed by atoms with Crippen molar-refractivity contribution in [2.45, 2.75) is 45.1 Å². The van der Waals surface area contributed by atoms with Crippen LogP contribution in [-0.4, -0.2) is 18.7 Å². The molecule has 2 rings (SSSR count). The number of halogens is 1. The lowest BCUT2D eigenvalue weighted by molar-refractivity contribution is 0.135. The Morgan fingerprint density at radius 1 is 1.38 bits per heavy atom. The fourth-order valence-electron chi connectivity index (χ4n) is 2.48. The Balaban J connectivity index is 2.00. The number of benzene rings is 1. The van der Waals surface area contributed by atoms with Crippen LogP contribution in [-0.2, 0) is 4.74 Å². The Kier molecular flexibility index (Phi) is 5.15. The minimum absolute atomic E-state index is 0.150. The highest BCUT2D eigenvalue weighted by atomic mass is 19.1. The summed E-state index contributed by atoms with van der Waals surface area (Å²) in [5.41, 5.74) is 0.580. The summed E-state index contributed by atoms with van der Waals surface area (Å²) in [5.74, 6) is -0.525. The number of ether oxygens (including phenoxy) is 1. The Morgan fingerprint density at radius 3 is 2.90 bits per heavy atom. The summed E-state index contributed by atoms with van der Waals surface area (Å²) in [6.07, 6.45) is 4.70. The smallest absolute Gasteiger partial charge is 0.414 e. The van der Waals surface area contributed by atoms with Crippen molar-refractivity contribution in [3.63, 3.8) is 0 Å². The predicted octanol–water partition coefficient (Wildman–Crippen LogP) is 3.99. The van der Waals surface area contributed by atoms with E-state index in [0.717, 1.165) is 31.7 Å². The van der Waals surface area contributed by atoms with Crippen LogP contribution in [0.15, 0.2) is 18.2 Å². The maximum Gasteiger partial charge on any atom is 0.414 e. The van der Waals surface area contributed by atoms with Gasteiger partial charge in [0, 0.05) is 0 Å². The summed E-state index contributed by atoms with van der Waals surface area (Å²) in [6, 6.07) is 5.79. The van der Waals surface area contributed by atoms with Gasteiger partial charge in [0.2, 0.25) is 0 Å². The summed E-state index contributed by atoms with van der Waals surface area (Å²) >= 11 is 0. The third-order valence-corrected chi connectivity index (χ3v) is 3.58. The Bertz CT molecular complexity index is 554. The molecule has 1 saturated heterocycles. The van der Waals surface area contributed by atoms with E-state index in [1.807, 2.05) is 6.07 Å². The molecule has 5 heteroatoms. The van der Waals surface area contributed by atoms with E-state index in [2.05, 4.69) is 6.92 Å². The molecule has 0 spiro atoms. The zero-order chi connectivity index (χ0) is 15.2. The van der Waals surface area contributed by atoms with Crippen molar-refractivity contribution in [3.8, 4) is 6.07 Å². The van der Waals surface area contributed by atoms with Gasteiger partial charge in [0.25, 0.3) is 0 Å². The third kappa shape index (κ3) is 3.94. The number of nitriles is 1. The molecule has 0 aromatic heterocycles. The van der Waals surface area contributed by atoms with Crippen LogP contribution >= 0.6 is 0 Å². The lowest BCUT2D eigenvalue weighted by Crippen LogP contribution is -2.24. The molecule has 1 aromatic rings. The highest BCUT2D eigenvalue weighted by Crippen LogP contribution is 2.25. The lowest BCUT2D eigenvalue weighted by atomic mass is 10.1. The maximum absolute atomic E-state index is 13.4. The van der Waals surface area contributed by atoms with Gasteiger partial charge < -0.3 is 4.74 Å². The van der Waals surface area contributed by atoms with Gasteiger partial charge in [-0.15, -0.1) is 0 Å². The van der Waals surface area contributed by atoms with Crippen LogP contribution in [0.5, 0.6) is 0 Å². The summed E-state index contributed by atoms with van der Waals surface area (Å²) in [4.78, 5) is 13.3. The van der Waals surface area contributed by atoms with Crippen LogP contribution in [0, 0.1) is 17.1 Å². The SMILES string of the molecule is CCCCCCC1CN(c2cc(F)cc(C#N)c2)C(=O)O1. The van der Waals surface area contributed by atoms with Crippen LogP contribution in [0.2, 0.25) is 0 Å². The van der Waals surface area contributed by atoms with Gasteiger partial charge >= 0.3 is 6.09 Å². The van der Waals surface area contributed by atoms with E-state index < -0.39 is 11.9 Å². The van der Waals surface area contributed by atoms with E-state index >= 15 is 0 Å². The van der Waals surface area contributed by atoms with Crippen molar-refractivity contribution >= 4 is 11.8 Å². The van der Waals surface area contributed by atoms with Gasteiger partial charge in [0.15, 0.2) is 0 Å². The standard InChI is InChI=1S/C16H19FN2O2/c1-2-3-4-5-6-15-11-19(16(20)21-15)14-8-12(10-18)7-13(17)9-14/h7-9,15H,2-6,11H2,1H3. The van der Waals surface area contributed by atoms with Gasteiger partial charge in [-0.1, -0.05) is 26.2 Å². The Labute approximate surface area is 124 Å². The molecule has 0 radical (unpaired) electrons. The molecule has 1 atom stereocenters. The second-order valence-corrected chi connectivity index (χ2v) is 5.28. The molecule has 112 valence electrons. The van der Waals surface area contributed by atoms with Crippen LogP contribution in [0.4, 0.5) is 14.9 Å². The van der Waals surface area contributed by atoms with Crippen molar-refractivity contribution in [3.05, 3.63) is 29.6 Å². The molecule has 1 heterocycles. The largest absolute Gasteiger partial charge is 0.444 e. The van der Waals surface area contributed by atoms with Crippen molar-refractivity contribution < 1.29 is 13.9 Å². The summed E-state index contributed by atoms with van der Waals surface area (Å²) in [6.45, 7) is 2.56. The van der Waals surface area contributed by atoms with E-state index in [0.29, 0.717) is 12.2 Å². The molecule has 4 nitrogen and oxygen atoms in total. The minimum atomic E-state index is -0.525. The first-order valence-corrected chi connectivity index (χ1v) is 7.33. The first-order chi connectivity index (χ1) is 10.1. The molecule has 1 aliphatic heterocycles. The Hall–Kier alpha value is -2.09.